The molecule has 0 unspecified atom stereocenters. The average molecular weight is 453 g/mol. The second-order valence-electron chi connectivity index (χ2n) is 9.21. The molecule has 2 aromatic heterocycles. The molecule has 3 heterocycles. The number of aromatic nitrogens is 3. The highest BCUT2D eigenvalue weighted by molar-refractivity contribution is 5.92. The molecule has 1 saturated heterocycles. The fourth-order valence-electron chi connectivity index (χ4n) is 5.08. The molecule has 1 aliphatic carbocycles. The zero-order valence-electron chi connectivity index (χ0n) is 18.9. The minimum atomic E-state index is -2.48. The molecule has 1 aliphatic heterocycles. The van der Waals surface area contributed by atoms with Gasteiger partial charge in [0.1, 0.15) is 12.1 Å². The van der Waals surface area contributed by atoms with Crippen LogP contribution >= 0.6 is 0 Å². The molecular formula is C25H30F2N6. The molecule has 2 fully saturated rings. The molecule has 33 heavy (non-hydrogen) atoms. The lowest BCUT2D eigenvalue weighted by Crippen LogP contribution is -2.47. The van der Waals surface area contributed by atoms with Crippen molar-refractivity contribution in [1.29, 1.82) is 0 Å². The molecule has 0 bridgehead atoms. The van der Waals surface area contributed by atoms with Crippen LogP contribution in [0.3, 0.4) is 0 Å². The van der Waals surface area contributed by atoms with Crippen LogP contribution in [0.1, 0.15) is 38.5 Å². The SMILES string of the molecule is CNc1cncc(-c2ccc3ncnc(N[C@H]4CC[C@H](N5CCC(F)(F)CC5)CC4)c3c2)c1. The van der Waals surface area contributed by atoms with Gasteiger partial charge < -0.3 is 10.6 Å². The Morgan fingerprint density at radius 2 is 1.76 bits per heavy atom. The summed E-state index contributed by atoms with van der Waals surface area (Å²) >= 11 is 0. The number of hydrogen-bond donors (Lipinski definition) is 2. The standard InChI is InChI=1S/C25H30F2N6/c1-28-20-12-18(14-29-15-20)17-2-7-23-22(13-17)24(31-16-30-23)32-19-3-5-21(6-4-19)33-10-8-25(26,27)9-11-33/h2,7,12-16,19,21,28H,3-6,8-11H2,1H3,(H,30,31,32)/t19-,21-. The summed E-state index contributed by atoms with van der Waals surface area (Å²) < 4.78 is 27.0. The lowest BCUT2D eigenvalue weighted by Gasteiger charge is -2.40. The first-order valence-electron chi connectivity index (χ1n) is 11.8. The van der Waals surface area contributed by atoms with Crippen molar-refractivity contribution < 1.29 is 8.78 Å². The van der Waals surface area contributed by atoms with E-state index in [1.807, 2.05) is 19.3 Å². The molecule has 5 rings (SSSR count). The van der Waals surface area contributed by atoms with Gasteiger partial charge in [-0.15, -0.1) is 0 Å². The predicted octanol–water partition coefficient (Wildman–Crippen LogP) is 5.19. The average Bonchev–Trinajstić information content (AvgIpc) is 2.85. The van der Waals surface area contributed by atoms with Crippen molar-refractivity contribution in [3.05, 3.63) is 43.0 Å². The van der Waals surface area contributed by atoms with Gasteiger partial charge in [0.25, 0.3) is 5.92 Å². The van der Waals surface area contributed by atoms with Crippen molar-refractivity contribution in [2.45, 2.75) is 56.5 Å². The third kappa shape index (κ3) is 4.90. The number of hydrogen-bond acceptors (Lipinski definition) is 6. The predicted molar refractivity (Wildman–Crippen MR) is 128 cm³/mol. The van der Waals surface area contributed by atoms with Gasteiger partial charge in [-0.3, -0.25) is 9.88 Å². The van der Waals surface area contributed by atoms with Gasteiger partial charge in [-0.25, -0.2) is 18.7 Å². The Morgan fingerprint density at radius 3 is 2.52 bits per heavy atom. The number of nitrogens with zero attached hydrogens (tertiary/aromatic N) is 4. The molecule has 1 aromatic carbocycles. The Morgan fingerprint density at radius 1 is 0.970 bits per heavy atom. The summed E-state index contributed by atoms with van der Waals surface area (Å²) in [5.41, 5.74) is 3.96. The van der Waals surface area contributed by atoms with E-state index in [1.165, 1.54) is 0 Å². The number of halogens is 2. The Hall–Kier alpha value is -2.87. The highest BCUT2D eigenvalue weighted by Gasteiger charge is 2.37. The molecule has 3 aromatic rings. The molecule has 8 heteroatoms. The Bertz CT molecular complexity index is 1100. The van der Waals surface area contributed by atoms with E-state index < -0.39 is 5.92 Å². The summed E-state index contributed by atoms with van der Waals surface area (Å²) in [6.07, 6.45) is 9.32. The maximum Gasteiger partial charge on any atom is 0.250 e. The van der Waals surface area contributed by atoms with Crippen LogP contribution in [-0.2, 0) is 0 Å². The quantitative estimate of drug-likeness (QED) is 0.556. The third-order valence-electron chi connectivity index (χ3n) is 7.08. The number of nitrogens with one attached hydrogen (secondary N) is 2. The minimum absolute atomic E-state index is 0.00676. The Labute approximate surface area is 192 Å². The van der Waals surface area contributed by atoms with Crippen LogP contribution in [-0.4, -0.2) is 58.0 Å². The monoisotopic (exact) mass is 452 g/mol. The normalized spacial score (nSPS) is 23.4. The molecule has 0 radical (unpaired) electrons. The van der Waals surface area contributed by atoms with Crippen molar-refractivity contribution in [2.24, 2.45) is 0 Å². The van der Waals surface area contributed by atoms with E-state index in [4.69, 9.17) is 0 Å². The van der Waals surface area contributed by atoms with Crippen molar-refractivity contribution in [3.8, 4) is 11.1 Å². The van der Waals surface area contributed by atoms with E-state index in [9.17, 15) is 8.78 Å². The summed E-state index contributed by atoms with van der Waals surface area (Å²) in [5.74, 6) is -1.63. The van der Waals surface area contributed by atoms with Crippen LogP contribution in [0, 0.1) is 0 Å². The van der Waals surface area contributed by atoms with Crippen molar-refractivity contribution in [1.82, 2.24) is 19.9 Å². The van der Waals surface area contributed by atoms with Gasteiger partial charge in [-0.1, -0.05) is 6.07 Å². The number of benzene rings is 1. The third-order valence-corrected chi connectivity index (χ3v) is 7.08. The molecule has 6 nitrogen and oxygen atoms in total. The maximum atomic E-state index is 13.5. The van der Waals surface area contributed by atoms with Gasteiger partial charge in [0.2, 0.25) is 0 Å². The lowest BCUT2D eigenvalue weighted by atomic mass is 9.88. The maximum absolute atomic E-state index is 13.5. The minimum Gasteiger partial charge on any atom is -0.387 e. The molecule has 2 N–H and O–H groups in total. The number of rotatable bonds is 5. The topological polar surface area (TPSA) is 66.0 Å². The number of likely N-dealkylation sites (tertiary alicyclic amines) is 1. The van der Waals surface area contributed by atoms with Crippen LogP contribution in [0.5, 0.6) is 0 Å². The second-order valence-corrected chi connectivity index (χ2v) is 9.21. The molecule has 0 atom stereocenters. The molecule has 1 saturated carbocycles. The van der Waals surface area contributed by atoms with Gasteiger partial charge >= 0.3 is 0 Å². The number of pyridine rings is 1. The molecule has 0 spiro atoms. The first kappa shape index (κ1) is 21.9. The van der Waals surface area contributed by atoms with Crippen LogP contribution in [0.25, 0.3) is 22.0 Å². The summed E-state index contributed by atoms with van der Waals surface area (Å²) in [5, 5.41) is 7.77. The summed E-state index contributed by atoms with van der Waals surface area (Å²) in [7, 11) is 1.88. The second kappa shape index (κ2) is 9.17. The van der Waals surface area contributed by atoms with Gasteiger partial charge in [0, 0.05) is 68.4 Å². The van der Waals surface area contributed by atoms with Crippen LogP contribution in [0.4, 0.5) is 20.3 Å². The largest absolute Gasteiger partial charge is 0.387 e. The van der Waals surface area contributed by atoms with Crippen LogP contribution in [0.2, 0.25) is 0 Å². The van der Waals surface area contributed by atoms with E-state index in [0.717, 1.165) is 59.2 Å². The van der Waals surface area contributed by atoms with E-state index in [1.54, 1.807) is 12.5 Å². The van der Waals surface area contributed by atoms with E-state index in [2.05, 4.69) is 48.7 Å². The number of fused-ring (bicyclic) bond motifs is 1. The Balaban J connectivity index is 1.28. The summed E-state index contributed by atoms with van der Waals surface area (Å²) in [6.45, 7) is 1.03. The molecule has 0 amide bonds. The number of piperidine rings is 1. The Kier molecular flexibility index (Phi) is 6.10. The van der Waals surface area contributed by atoms with E-state index in [0.29, 0.717) is 25.2 Å². The fourth-order valence-corrected chi connectivity index (χ4v) is 5.08. The van der Waals surface area contributed by atoms with Crippen molar-refractivity contribution in [2.75, 3.05) is 30.8 Å². The smallest absolute Gasteiger partial charge is 0.250 e. The van der Waals surface area contributed by atoms with Gasteiger partial charge in [0.05, 0.1) is 11.2 Å². The van der Waals surface area contributed by atoms with Crippen molar-refractivity contribution in [3.63, 3.8) is 0 Å². The van der Waals surface area contributed by atoms with E-state index in [-0.39, 0.29) is 12.8 Å². The fraction of sp³-hybridized carbons (Fsp3) is 0.480. The van der Waals surface area contributed by atoms with Gasteiger partial charge in [-0.2, -0.15) is 0 Å². The number of anilines is 2. The molecular weight excluding hydrogens is 422 g/mol. The van der Waals surface area contributed by atoms with Crippen molar-refractivity contribution >= 4 is 22.4 Å². The van der Waals surface area contributed by atoms with Gasteiger partial charge in [-0.05, 0) is 49.4 Å². The summed E-state index contributed by atoms with van der Waals surface area (Å²) in [4.78, 5) is 15.6. The molecule has 2 aliphatic rings. The van der Waals surface area contributed by atoms with Gasteiger partial charge in [0.15, 0.2) is 0 Å². The number of alkyl halides is 2. The van der Waals surface area contributed by atoms with Crippen LogP contribution < -0.4 is 10.6 Å². The summed E-state index contributed by atoms with van der Waals surface area (Å²) in [6, 6.07) is 9.01. The first-order valence-corrected chi connectivity index (χ1v) is 11.8. The van der Waals surface area contributed by atoms with Crippen LogP contribution in [0.15, 0.2) is 43.0 Å². The molecule has 174 valence electrons. The first-order chi connectivity index (χ1) is 16.0. The highest BCUT2D eigenvalue weighted by atomic mass is 19.3. The zero-order chi connectivity index (χ0) is 22.8. The van der Waals surface area contributed by atoms with E-state index >= 15 is 0 Å². The lowest BCUT2D eigenvalue weighted by molar-refractivity contribution is -0.0657. The highest BCUT2D eigenvalue weighted by Crippen LogP contribution is 2.34. The zero-order valence-corrected chi connectivity index (χ0v) is 18.9.